The Labute approximate surface area is 454 Å². The van der Waals surface area contributed by atoms with Crippen LogP contribution < -0.4 is 19.9 Å². The second-order valence-electron chi connectivity index (χ2n) is 20.2. The summed E-state index contributed by atoms with van der Waals surface area (Å²) < 4.78 is 13.2. The van der Waals surface area contributed by atoms with E-state index in [1.807, 2.05) is 151 Å². The zero-order valence-electron chi connectivity index (χ0n) is 43.5. The maximum absolute atomic E-state index is 17.1. The molecule has 15 heteroatoms. The van der Waals surface area contributed by atoms with Crippen molar-refractivity contribution in [2.45, 2.75) is 49.2 Å². The lowest BCUT2D eigenvalue weighted by Gasteiger charge is -2.46. The number of nitrogens with zero attached hydrogens (tertiary/aromatic N) is 7. The minimum atomic E-state index is -2.05. The van der Waals surface area contributed by atoms with Gasteiger partial charge in [-0.05, 0) is 72.1 Å². The van der Waals surface area contributed by atoms with Crippen molar-refractivity contribution >= 4 is 35.5 Å². The average Bonchev–Trinajstić information content (AvgIpc) is 3.97. The highest BCUT2D eigenvalue weighted by Crippen LogP contribution is 2.67. The molecule has 78 heavy (non-hydrogen) atoms. The zero-order valence-corrected chi connectivity index (χ0v) is 43.5. The van der Waals surface area contributed by atoms with Crippen LogP contribution in [0.5, 0.6) is 5.75 Å². The van der Waals surface area contributed by atoms with Gasteiger partial charge in [0.15, 0.2) is 0 Å². The van der Waals surface area contributed by atoms with Gasteiger partial charge in [-0.25, -0.2) is 19.7 Å². The number of morpholine rings is 1. The molecule has 7 aromatic rings. The van der Waals surface area contributed by atoms with Crippen LogP contribution in [-0.2, 0) is 31.1 Å². The van der Waals surface area contributed by atoms with Gasteiger partial charge in [0.05, 0.1) is 42.9 Å². The number of nitrogens with one attached hydrogen (secondary N) is 1. The normalized spacial score (nSPS) is 22.1. The van der Waals surface area contributed by atoms with Gasteiger partial charge in [-0.15, -0.1) is 0 Å². The smallest absolute Gasteiger partial charge is 0.329 e. The number of piperazine rings is 1. The van der Waals surface area contributed by atoms with Crippen LogP contribution in [0.2, 0.25) is 0 Å². The van der Waals surface area contributed by atoms with E-state index in [0.29, 0.717) is 60.1 Å². The molecule has 11 rings (SSSR count). The van der Waals surface area contributed by atoms with E-state index in [4.69, 9.17) is 9.47 Å². The molecule has 0 aliphatic carbocycles. The fourth-order valence-electron chi connectivity index (χ4n) is 12.0. The van der Waals surface area contributed by atoms with Gasteiger partial charge in [0, 0.05) is 56.2 Å². The zero-order chi connectivity index (χ0) is 53.8. The first-order valence-electron chi connectivity index (χ1n) is 26.4. The van der Waals surface area contributed by atoms with Crippen LogP contribution in [0.25, 0.3) is 0 Å². The number of benzene rings is 6. The molecule has 7 unspecified atom stereocenters. The number of fused-ring (bicyclic) bond motifs is 3. The van der Waals surface area contributed by atoms with Gasteiger partial charge in [0.25, 0.3) is 0 Å². The minimum Gasteiger partial charge on any atom is -0.491 e. The number of para-hydroxylation sites is 1. The number of ether oxygens (including phenoxy) is 2. The number of rotatable bonds is 13. The molecular formula is C63H60N8O7. The summed E-state index contributed by atoms with van der Waals surface area (Å²) in [5.41, 5.74) is 2.97. The Morgan fingerprint density at radius 1 is 0.795 bits per heavy atom. The average molecular weight is 1040 g/mol. The Bertz CT molecular complexity index is 3340. The molecule has 15 nitrogen and oxygen atoms in total. The van der Waals surface area contributed by atoms with Crippen LogP contribution in [0, 0.1) is 17.8 Å². The molecule has 3 fully saturated rings. The number of amides is 4. The van der Waals surface area contributed by atoms with E-state index in [1.165, 1.54) is 0 Å². The highest BCUT2D eigenvalue weighted by atomic mass is 16.6. The van der Waals surface area contributed by atoms with Gasteiger partial charge < -0.3 is 29.7 Å². The van der Waals surface area contributed by atoms with E-state index in [-0.39, 0.29) is 32.0 Å². The second kappa shape index (κ2) is 22.5. The number of anilines is 2. The van der Waals surface area contributed by atoms with Gasteiger partial charge >= 0.3 is 12.0 Å². The van der Waals surface area contributed by atoms with Crippen LogP contribution in [0.1, 0.15) is 70.1 Å². The summed E-state index contributed by atoms with van der Waals surface area (Å²) in [5, 5.41) is 13.4. The van der Waals surface area contributed by atoms with Gasteiger partial charge in [0.1, 0.15) is 29.9 Å². The van der Waals surface area contributed by atoms with E-state index in [1.54, 1.807) is 47.6 Å². The maximum atomic E-state index is 17.1. The number of esters is 1. The molecule has 7 atom stereocenters. The van der Waals surface area contributed by atoms with Crippen molar-refractivity contribution in [2.24, 2.45) is 5.92 Å². The lowest BCUT2D eigenvalue weighted by molar-refractivity contribution is -0.179. The van der Waals surface area contributed by atoms with Crippen molar-refractivity contribution in [2.75, 3.05) is 62.8 Å². The third-order valence-corrected chi connectivity index (χ3v) is 15.4. The molecule has 0 bridgehead atoms. The fourth-order valence-corrected chi connectivity index (χ4v) is 12.0. The Balaban J connectivity index is 1.15. The van der Waals surface area contributed by atoms with Crippen molar-refractivity contribution in [3.63, 3.8) is 0 Å². The lowest BCUT2D eigenvalue weighted by Crippen LogP contribution is -2.59. The maximum Gasteiger partial charge on any atom is 0.329 e. The molecule has 0 radical (unpaired) electrons. The monoisotopic (exact) mass is 1040 g/mol. The van der Waals surface area contributed by atoms with Crippen molar-refractivity contribution < 1.29 is 33.8 Å². The molecule has 0 saturated carbocycles. The first kappa shape index (κ1) is 51.4. The van der Waals surface area contributed by atoms with Crippen LogP contribution >= 0.6 is 0 Å². The van der Waals surface area contributed by atoms with Gasteiger partial charge in [-0.3, -0.25) is 24.2 Å². The van der Waals surface area contributed by atoms with E-state index in [2.05, 4.69) is 44.2 Å². The lowest BCUT2D eigenvalue weighted by atomic mass is 9.64. The van der Waals surface area contributed by atoms with Crippen LogP contribution in [-0.4, -0.2) is 113 Å². The number of aliphatic hydroxyl groups excluding tert-OH is 1. The topological polar surface area (TPSA) is 161 Å². The SMILES string of the molecule is CC(NC(=O)N1C(=O)C2(c3cc(C#CCN(C)Cc4ccccc4)ccc31)C(C(=O)N1CCN(c3ncccn3)CC1)C1C(=O)OC(c3ccccc3)C(c3ccccc3)N1C2c1ccccc1OCCO)c1ccccc1. The van der Waals surface area contributed by atoms with E-state index < -0.39 is 65.4 Å². The van der Waals surface area contributed by atoms with E-state index in [9.17, 15) is 5.11 Å². The standard InChI is InChI=1S/C63H60N8O7/c1-43(46-22-9-4-10-23-46)66-62(76)70-51-31-30-44(21-17-34-67(2)42-45-19-7-3-8-20-45)41-50(51)63(60(70)75)53(58(73)68-35-37-69(38-36-68)61-64-32-18-33-65-61)55-59(74)78-56(48-26-13-6-14-27-48)54(47-24-11-5-12-25-47)71(55)57(63)49-28-15-16-29-52(49)77-40-39-72/h3-16,18-20,22-33,41,43,53-57,72H,34-40,42H2,1-2H3,(H,66,76). The predicted octanol–water partition coefficient (Wildman–Crippen LogP) is 7.82. The number of urea groups is 1. The highest BCUT2D eigenvalue weighted by molar-refractivity contribution is 6.24. The summed E-state index contributed by atoms with van der Waals surface area (Å²) in [6, 6.07) is 48.4. The number of cyclic esters (lactones) is 1. The summed E-state index contributed by atoms with van der Waals surface area (Å²) in [6.45, 7) is 3.67. The third kappa shape index (κ3) is 9.63. The van der Waals surface area contributed by atoms with Gasteiger partial charge in [-0.1, -0.05) is 151 Å². The van der Waals surface area contributed by atoms with Crippen molar-refractivity contribution in [1.29, 1.82) is 0 Å². The number of aliphatic hydroxyl groups is 1. The number of aromatic nitrogens is 2. The summed E-state index contributed by atoms with van der Waals surface area (Å²) >= 11 is 0. The van der Waals surface area contributed by atoms with Crippen LogP contribution in [0.15, 0.2) is 182 Å². The highest BCUT2D eigenvalue weighted by Gasteiger charge is 2.76. The molecule has 5 heterocycles. The molecule has 4 aliphatic heterocycles. The number of carbonyl (C=O) groups excluding carboxylic acids is 4. The molecule has 1 spiro atoms. The van der Waals surface area contributed by atoms with E-state index in [0.717, 1.165) is 21.6 Å². The summed E-state index contributed by atoms with van der Waals surface area (Å²) in [5.74, 6) is 4.20. The van der Waals surface area contributed by atoms with Crippen LogP contribution in [0.4, 0.5) is 16.4 Å². The Morgan fingerprint density at radius 3 is 2.13 bits per heavy atom. The number of hydrogen-bond acceptors (Lipinski definition) is 12. The quantitative estimate of drug-likeness (QED) is 0.0853. The van der Waals surface area contributed by atoms with Crippen molar-refractivity contribution in [3.8, 4) is 17.6 Å². The molecule has 6 aromatic carbocycles. The molecule has 4 amide bonds. The van der Waals surface area contributed by atoms with Gasteiger partial charge in [0.2, 0.25) is 17.8 Å². The number of carbonyl (C=O) groups is 4. The Hall–Kier alpha value is -8.68. The predicted molar refractivity (Wildman–Crippen MR) is 295 cm³/mol. The molecular weight excluding hydrogens is 981 g/mol. The van der Waals surface area contributed by atoms with Crippen LogP contribution in [0.3, 0.4) is 0 Å². The number of hydrogen-bond donors (Lipinski definition) is 2. The molecule has 4 aliphatic rings. The van der Waals surface area contributed by atoms with Crippen molar-refractivity contribution in [3.05, 3.63) is 221 Å². The summed E-state index contributed by atoms with van der Waals surface area (Å²) in [7, 11) is 1.99. The number of imide groups is 1. The fraction of sp³-hybridized carbons (Fsp3) is 0.270. The Kier molecular flexibility index (Phi) is 14.8. The largest absolute Gasteiger partial charge is 0.491 e. The first-order valence-corrected chi connectivity index (χ1v) is 26.4. The summed E-state index contributed by atoms with van der Waals surface area (Å²) in [6.07, 6.45) is 2.41. The van der Waals surface area contributed by atoms with Crippen molar-refractivity contribution in [1.82, 2.24) is 30.0 Å². The molecule has 3 saturated heterocycles. The molecule has 2 N–H and O–H groups in total. The first-order chi connectivity index (χ1) is 38.2. The van der Waals surface area contributed by atoms with E-state index >= 15 is 19.2 Å². The summed E-state index contributed by atoms with van der Waals surface area (Å²) in [4.78, 5) is 82.9. The molecule has 394 valence electrons. The van der Waals surface area contributed by atoms with Gasteiger partial charge in [-0.2, -0.15) is 0 Å². The second-order valence-corrected chi connectivity index (χ2v) is 20.2. The Morgan fingerprint density at radius 2 is 1.44 bits per heavy atom. The molecule has 1 aromatic heterocycles. The minimum absolute atomic E-state index is 0.0936. The third-order valence-electron chi connectivity index (χ3n) is 15.4.